The van der Waals surface area contributed by atoms with E-state index in [0.717, 1.165) is 6.42 Å². The summed E-state index contributed by atoms with van der Waals surface area (Å²) in [4.78, 5) is 11.3. The molecule has 0 saturated heterocycles. The third-order valence-electron chi connectivity index (χ3n) is 2.18. The molecule has 1 rings (SSSR count). The van der Waals surface area contributed by atoms with Crippen molar-refractivity contribution < 1.29 is 22.7 Å². The molecule has 8 nitrogen and oxygen atoms in total. The monoisotopic (exact) mass is 291 g/mol. The van der Waals surface area contributed by atoms with Crippen molar-refractivity contribution in [2.75, 3.05) is 19.8 Å². The van der Waals surface area contributed by atoms with Gasteiger partial charge in [0.15, 0.2) is 5.69 Å². The van der Waals surface area contributed by atoms with Crippen molar-refractivity contribution in [3.8, 4) is 0 Å². The van der Waals surface area contributed by atoms with Gasteiger partial charge in [0.2, 0.25) is 10.0 Å². The van der Waals surface area contributed by atoms with E-state index in [0.29, 0.717) is 6.61 Å². The number of hydrogen-bond acceptors (Lipinski definition) is 6. The minimum Gasteiger partial charge on any atom is -0.458 e. The molecule has 1 aromatic heterocycles. The Morgan fingerprint density at radius 3 is 2.63 bits per heavy atom. The number of nitrogens with one attached hydrogen (secondary N) is 1. The number of aromatic nitrogens is 2. The first-order valence-corrected chi connectivity index (χ1v) is 7.25. The zero-order valence-electron chi connectivity index (χ0n) is 10.8. The second-order valence-corrected chi connectivity index (χ2v) is 5.32. The average Bonchev–Trinajstić information content (AvgIpc) is 2.70. The van der Waals surface area contributed by atoms with E-state index in [1.54, 1.807) is 0 Å². The Morgan fingerprint density at radius 2 is 2.05 bits per heavy atom. The summed E-state index contributed by atoms with van der Waals surface area (Å²) in [5.41, 5.74) is -0.146. The molecule has 1 heterocycles. The Bertz CT molecular complexity index is 537. The summed E-state index contributed by atoms with van der Waals surface area (Å²) in [5, 5.41) is 11.0. The fourth-order valence-corrected chi connectivity index (χ4v) is 2.28. The summed E-state index contributed by atoms with van der Waals surface area (Å²) in [6.45, 7) is 4.24. The molecule has 0 aromatic carbocycles. The average molecular weight is 291 g/mol. The number of H-pyrrole nitrogens is 1. The van der Waals surface area contributed by atoms with E-state index < -0.39 is 16.0 Å². The van der Waals surface area contributed by atoms with E-state index in [1.165, 1.54) is 6.92 Å². The van der Waals surface area contributed by atoms with Gasteiger partial charge in [-0.3, -0.25) is 5.10 Å². The Labute approximate surface area is 111 Å². The molecule has 0 unspecified atom stereocenters. The smallest absolute Gasteiger partial charge is 0.360 e. The van der Waals surface area contributed by atoms with E-state index in [9.17, 15) is 13.2 Å². The normalized spacial score (nSPS) is 11.5. The van der Waals surface area contributed by atoms with Gasteiger partial charge < -0.3 is 9.47 Å². The lowest BCUT2D eigenvalue weighted by Crippen LogP contribution is -2.19. The highest BCUT2D eigenvalue weighted by Crippen LogP contribution is 2.16. The molecule has 0 fully saturated rings. The first-order valence-electron chi connectivity index (χ1n) is 5.70. The fraction of sp³-hybridized carbons (Fsp3) is 0.600. The topological polar surface area (TPSA) is 124 Å². The molecule has 108 valence electrons. The second-order valence-electron chi connectivity index (χ2n) is 3.82. The third kappa shape index (κ3) is 4.30. The Morgan fingerprint density at radius 1 is 1.37 bits per heavy atom. The number of nitrogens with two attached hydrogens (primary N) is 1. The number of carbonyl (C=O) groups is 1. The summed E-state index contributed by atoms with van der Waals surface area (Å²) in [7, 11) is -4.03. The number of primary sulfonamides is 1. The summed E-state index contributed by atoms with van der Waals surface area (Å²) >= 11 is 0. The standard InChI is InChI=1S/C10H17N3O5S/c1-3-4-17-5-6-18-10(14)8-9(19(11,15)16)7(2)12-13-8/h3-6H2,1-2H3,(H,12,13)(H2,11,15,16). The minimum absolute atomic E-state index is 0.0226. The third-order valence-corrected chi connectivity index (χ3v) is 3.25. The van der Waals surface area contributed by atoms with Crippen LogP contribution >= 0.6 is 0 Å². The molecule has 9 heteroatoms. The van der Waals surface area contributed by atoms with Crippen LogP contribution in [0.1, 0.15) is 29.5 Å². The van der Waals surface area contributed by atoms with Crippen molar-refractivity contribution >= 4 is 16.0 Å². The highest BCUT2D eigenvalue weighted by molar-refractivity contribution is 7.89. The molecule has 1 aromatic rings. The second kappa shape index (κ2) is 6.64. The van der Waals surface area contributed by atoms with Gasteiger partial charge in [-0.25, -0.2) is 18.4 Å². The Kier molecular flexibility index (Phi) is 5.45. The Balaban J connectivity index is 2.68. The van der Waals surface area contributed by atoms with Gasteiger partial charge in [0.25, 0.3) is 0 Å². The highest BCUT2D eigenvalue weighted by atomic mass is 32.2. The predicted octanol–water partition coefficient (Wildman–Crippen LogP) is -0.0511. The highest BCUT2D eigenvalue weighted by Gasteiger charge is 2.26. The van der Waals surface area contributed by atoms with E-state index in [4.69, 9.17) is 14.6 Å². The molecule has 0 aliphatic heterocycles. The van der Waals surface area contributed by atoms with E-state index in [-0.39, 0.29) is 29.5 Å². The lowest BCUT2D eigenvalue weighted by molar-refractivity contribution is 0.0309. The number of hydrogen-bond donors (Lipinski definition) is 2. The van der Waals surface area contributed by atoms with Crippen LogP contribution in [-0.2, 0) is 19.5 Å². The molecule has 0 aliphatic rings. The van der Waals surface area contributed by atoms with Gasteiger partial charge in [0.1, 0.15) is 11.5 Å². The first kappa shape index (κ1) is 15.6. The van der Waals surface area contributed by atoms with Gasteiger partial charge in [-0.15, -0.1) is 0 Å². The molecule has 3 N–H and O–H groups in total. The van der Waals surface area contributed by atoms with Gasteiger partial charge in [-0.1, -0.05) is 6.92 Å². The maximum absolute atomic E-state index is 11.7. The number of aryl methyl sites for hydroxylation is 1. The van der Waals surface area contributed by atoms with Crippen LogP contribution in [0.5, 0.6) is 0 Å². The van der Waals surface area contributed by atoms with Crippen LogP contribution in [-0.4, -0.2) is 44.4 Å². The maximum Gasteiger partial charge on any atom is 0.360 e. The van der Waals surface area contributed by atoms with E-state index in [2.05, 4.69) is 10.2 Å². The number of rotatable bonds is 7. The molecule has 0 atom stereocenters. The number of nitrogens with zero attached hydrogens (tertiary/aromatic N) is 1. The fourth-order valence-electron chi connectivity index (χ4n) is 1.41. The van der Waals surface area contributed by atoms with Gasteiger partial charge >= 0.3 is 5.97 Å². The number of sulfonamides is 1. The van der Waals surface area contributed by atoms with Gasteiger partial charge in [0, 0.05) is 6.61 Å². The van der Waals surface area contributed by atoms with Crippen molar-refractivity contribution in [1.29, 1.82) is 0 Å². The predicted molar refractivity (Wildman–Crippen MR) is 66.1 cm³/mol. The van der Waals surface area contributed by atoms with Crippen molar-refractivity contribution in [2.24, 2.45) is 5.14 Å². The number of carbonyl (C=O) groups excluding carboxylic acids is 1. The van der Waals surface area contributed by atoms with Gasteiger partial charge in [-0.05, 0) is 13.3 Å². The van der Waals surface area contributed by atoms with Crippen LogP contribution < -0.4 is 5.14 Å². The van der Waals surface area contributed by atoms with Crippen molar-refractivity contribution in [1.82, 2.24) is 10.2 Å². The lowest BCUT2D eigenvalue weighted by atomic mass is 10.4. The number of aromatic amines is 1. The van der Waals surface area contributed by atoms with Crippen LogP contribution in [0, 0.1) is 6.92 Å². The quantitative estimate of drug-likeness (QED) is 0.536. The zero-order valence-corrected chi connectivity index (χ0v) is 11.6. The van der Waals surface area contributed by atoms with Crippen LogP contribution in [0.15, 0.2) is 4.90 Å². The number of ether oxygens (including phenoxy) is 2. The first-order chi connectivity index (χ1) is 8.88. The molecular weight excluding hydrogens is 274 g/mol. The van der Waals surface area contributed by atoms with E-state index in [1.807, 2.05) is 6.92 Å². The van der Waals surface area contributed by atoms with Crippen molar-refractivity contribution in [3.05, 3.63) is 11.4 Å². The SMILES string of the molecule is CCCOCCOC(=O)c1n[nH]c(C)c1S(N)(=O)=O. The zero-order chi connectivity index (χ0) is 14.5. The summed E-state index contributed by atoms with van der Waals surface area (Å²) < 4.78 is 32.7. The minimum atomic E-state index is -4.03. The van der Waals surface area contributed by atoms with Crippen LogP contribution in [0.3, 0.4) is 0 Å². The molecular formula is C10H17N3O5S. The molecule has 19 heavy (non-hydrogen) atoms. The van der Waals surface area contributed by atoms with Crippen LogP contribution in [0.25, 0.3) is 0 Å². The summed E-state index contributed by atoms with van der Waals surface area (Å²) in [5.74, 6) is -0.853. The van der Waals surface area contributed by atoms with Crippen LogP contribution in [0.4, 0.5) is 0 Å². The summed E-state index contributed by atoms with van der Waals surface area (Å²) in [6, 6.07) is 0. The van der Waals surface area contributed by atoms with Crippen LogP contribution in [0.2, 0.25) is 0 Å². The van der Waals surface area contributed by atoms with Crippen molar-refractivity contribution in [3.63, 3.8) is 0 Å². The lowest BCUT2D eigenvalue weighted by Gasteiger charge is -2.05. The summed E-state index contributed by atoms with van der Waals surface area (Å²) in [6.07, 6.45) is 0.863. The largest absolute Gasteiger partial charge is 0.458 e. The van der Waals surface area contributed by atoms with Gasteiger partial charge in [0.05, 0.1) is 12.3 Å². The molecule has 0 amide bonds. The Hall–Kier alpha value is -1.45. The molecule has 0 spiro atoms. The van der Waals surface area contributed by atoms with Gasteiger partial charge in [-0.2, -0.15) is 5.10 Å². The molecule has 0 aliphatic carbocycles. The molecule has 0 saturated carbocycles. The maximum atomic E-state index is 11.7. The van der Waals surface area contributed by atoms with Crippen molar-refractivity contribution in [2.45, 2.75) is 25.2 Å². The molecule has 0 bridgehead atoms. The van der Waals surface area contributed by atoms with E-state index >= 15 is 0 Å². The number of esters is 1. The molecule has 0 radical (unpaired) electrons.